The summed E-state index contributed by atoms with van der Waals surface area (Å²) in [5, 5.41) is 15.8. The summed E-state index contributed by atoms with van der Waals surface area (Å²) in [5.74, 6) is 0.868. The Kier molecular flexibility index (Phi) is 3.80. The highest BCUT2D eigenvalue weighted by Crippen LogP contribution is 2.42. The van der Waals surface area contributed by atoms with Gasteiger partial charge in [-0.3, -0.25) is 4.79 Å². The first-order valence-corrected chi connectivity index (χ1v) is 8.56. The van der Waals surface area contributed by atoms with Crippen molar-refractivity contribution in [3.63, 3.8) is 0 Å². The molecule has 4 rings (SSSR count). The standard InChI is InChI=1S/C17H18N2O3S/c20-13-8-18-6-11(13)7-19-17(21)15-5-10-9-22-14-4-2-1-3-12(14)16(10)23-15/h1-5,11,13,18,20H,6-9H2,(H,19,21). The molecule has 120 valence electrons. The van der Waals surface area contributed by atoms with Crippen molar-refractivity contribution in [2.24, 2.45) is 5.92 Å². The molecule has 1 aromatic carbocycles. The van der Waals surface area contributed by atoms with Gasteiger partial charge in [0, 0.05) is 41.6 Å². The number of rotatable bonds is 3. The van der Waals surface area contributed by atoms with Gasteiger partial charge >= 0.3 is 0 Å². The van der Waals surface area contributed by atoms with Crippen molar-refractivity contribution in [1.82, 2.24) is 10.6 Å². The Balaban J connectivity index is 1.51. The van der Waals surface area contributed by atoms with E-state index in [1.807, 2.05) is 30.3 Å². The van der Waals surface area contributed by atoms with Gasteiger partial charge in [-0.15, -0.1) is 11.3 Å². The molecular weight excluding hydrogens is 312 g/mol. The first-order valence-electron chi connectivity index (χ1n) is 7.74. The third-order valence-corrected chi connectivity index (χ3v) is 5.59. The molecule has 23 heavy (non-hydrogen) atoms. The fraction of sp³-hybridized carbons (Fsp3) is 0.353. The van der Waals surface area contributed by atoms with Gasteiger partial charge in [-0.25, -0.2) is 0 Å². The van der Waals surface area contributed by atoms with Crippen LogP contribution in [0.4, 0.5) is 0 Å². The van der Waals surface area contributed by atoms with E-state index in [0.717, 1.165) is 28.3 Å². The fourth-order valence-corrected chi connectivity index (χ4v) is 4.16. The number of thiophene rings is 1. The molecule has 3 N–H and O–H groups in total. The second-order valence-corrected chi connectivity index (χ2v) is 7.00. The van der Waals surface area contributed by atoms with Crippen molar-refractivity contribution in [2.75, 3.05) is 19.6 Å². The highest BCUT2D eigenvalue weighted by Gasteiger charge is 2.26. The molecule has 1 aromatic heterocycles. The molecule has 0 bridgehead atoms. The maximum atomic E-state index is 12.4. The van der Waals surface area contributed by atoms with Gasteiger partial charge in [-0.2, -0.15) is 0 Å². The number of para-hydroxylation sites is 1. The van der Waals surface area contributed by atoms with Gasteiger partial charge in [-0.1, -0.05) is 12.1 Å². The van der Waals surface area contributed by atoms with Gasteiger partial charge < -0.3 is 20.5 Å². The molecule has 5 nitrogen and oxygen atoms in total. The molecule has 2 unspecified atom stereocenters. The Morgan fingerprint density at radius 1 is 1.39 bits per heavy atom. The number of β-amino-alcohol motifs (C(OH)–C–C–N with tert-alkyl or cyclic N) is 1. The molecule has 2 aliphatic rings. The van der Waals surface area contributed by atoms with Gasteiger partial charge in [0.1, 0.15) is 12.4 Å². The van der Waals surface area contributed by atoms with Crippen LogP contribution in [0.15, 0.2) is 30.3 Å². The summed E-state index contributed by atoms with van der Waals surface area (Å²) >= 11 is 1.50. The van der Waals surface area contributed by atoms with Gasteiger partial charge in [0.05, 0.1) is 11.0 Å². The molecule has 0 saturated carbocycles. The lowest BCUT2D eigenvalue weighted by Gasteiger charge is -2.16. The minimum Gasteiger partial charge on any atom is -0.488 e. The first kappa shape index (κ1) is 14.7. The van der Waals surface area contributed by atoms with E-state index < -0.39 is 0 Å². The number of aliphatic hydroxyl groups is 1. The zero-order chi connectivity index (χ0) is 15.8. The van der Waals surface area contributed by atoms with Crippen molar-refractivity contribution >= 4 is 17.2 Å². The second-order valence-electron chi connectivity index (χ2n) is 5.95. The Morgan fingerprint density at radius 2 is 2.26 bits per heavy atom. The number of ether oxygens (including phenoxy) is 1. The molecule has 1 fully saturated rings. The number of hydrogen-bond donors (Lipinski definition) is 3. The van der Waals surface area contributed by atoms with E-state index >= 15 is 0 Å². The summed E-state index contributed by atoms with van der Waals surface area (Å²) in [6.45, 7) is 2.33. The van der Waals surface area contributed by atoms with Crippen LogP contribution >= 0.6 is 11.3 Å². The number of carbonyl (C=O) groups excluding carboxylic acids is 1. The van der Waals surface area contributed by atoms with E-state index in [2.05, 4.69) is 10.6 Å². The van der Waals surface area contributed by atoms with Gasteiger partial charge in [-0.05, 0) is 18.2 Å². The van der Waals surface area contributed by atoms with Crippen molar-refractivity contribution in [3.05, 3.63) is 40.8 Å². The maximum Gasteiger partial charge on any atom is 0.261 e. The van der Waals surface area contributed by atoms with Crippen molar-refractivity contribution in [2.45, 2.75) is 12.7 Å². The summed E-state index contributed by atoms with van der Waals surface area (Å²) in [6, 6.07) is 9.81. The maximum absolute atomic E-state index is 12.4. The molecule has 0 aliphatic carbocycles. The van der Waals surface area contributed by atoms with Crippen LogP contribution in [0.5, 0.6) is 5.75 Å². The van der Waals surface area contributed by atoms with E-state index in [0.29, 0.717) is 24.6 Å². The van der Waals surface area contributed by atoms with Crippen molar-refractivity contribution < 1.29 is 14.6 Å². The lowest BCUT2D eigenvalue weighted by Crippen LogP contribution is -2.34. The van der Waals surface area contributed by atoms with Gasteiger partial charge in [0.25, 0.3) is 5.91 Å². The molecule has 6 heteroatoms. The van der Waals surface area contributed by atoms with Gasteiger partial charge in [0.2, 0.25) is 0 Å². The summed E-state index contributed by atoms with van der Waals surface area (Å²) in [5.41, 5.74) is 2.11. The smallest absolute Gasteiger partial charge is 0.261 e. The monoisotopic (exact) mass is 330 g/mol. The van der Waals surface area contributed by atoms with Crippen LogP contribution in [0.3, 0.4) is 0 Å². The minimum absolute atomic E-state index is 0.0811. The van der Waals surface area contributed by atoms with E-state index in [-0.39, 0.29) is 17.9 Å². The van der Waals surface area contributed by atoms with E-state index in [4.69, 9.17) is 4.74 Å². The molecule has 2 atom stereocenters. The number of hydrogen-bond acceptors (Lipinski definition) is 5. The summed E-state index contributed by atoms with van der Waals surface area (Å²) in [4.78, 5) is 14.2. The Bertz CT molecular complexity index is 743. The Morgan fingerprint density at radius 3 is 3.09 bits per heavy atom. The van der Waals surface area contributed by atoms with Crippen LogP contribution < -0.4 is 15.4 Å². The third-order valence-electron chi connectivity index (χ3n) is 4.38. The average molecular weight is 330 g/mol. The van der Waals surface area contributed by atoms with Crippen molar-refractivity contribution in [3.8, 4) is 16.2 Å². The molecule has 1 amide bonds. The highest BCUT2D eigenvalue weighted by molar-refractivity contribution is 7.17. The molecule has 1 saturated heterocycles. The van der Waals surface area contributed by atoms with E-state index in [9.17, 15) is 9.90 Å². The van der Waals surface area contributed by atoms with E-state index in [1.165, 1.54) is 11.3 Å². The topological polar surface area (TPSA) is 70.6 Å². The van der Waals surface area contributed by atoms with Crippen molar-refractivity contribution in [1.29, 1.82) is 0 Å². The highest BCUT2D eigenvalue weighted by atomic mass is 32.1. The Hall–Kier alpha value is -1.89. The molecule has 0 radical (unpaired) electrons. The van der Waals surface area contributed by atoms with Crippen LogP contribution in [-0.4, -0.2) is 36.8 Å². The van der Waals surface area contributed by atoms with Crippen LogP contribution in [0.25, 0.3) is 10.4 Å². The van der Waals surface area contributed by atoms with Gasteiger partial charge in [0.15, 0.2) is 0 Å². The van der Waals surface area contributed by atoms with E-state index in [1.54, 1.807) is 0 Å². The van der Waals surface area contributed by atoms with Crippen LogP contribution in [0, 0.1) is 5.92 Å². The molecule has 2 aromatic rings. The molecular formula is C17H18N2O3S. The zero-order valence-corrected chi connectivity index (χ0v) is 13.4. The molecule has 2 aliphatic heterocycles. The normalized spacial score (nSPS) is 22.1. The predicted molar refractivity (Wildman–Crippen MR) is 88.8 cm³/mol. The third kappa shape index (κ3) is 2.73. The lowest BCUT2D eigenvalue weighted by atomic mass is 10.1. The lowest BCUT2D eigenvalue weighted by molar-refractivity contribution is 0.0931. The largest absolute Gasteiger partial charge is 0.488 e. The quantitative estimate of drug-likeness (QED) is 0.800. The number of fused-ring (bicyclic) bond motifs is 3. The fourth-order valence-electron chi connectivity index (χ4n) is 3.05. The molecule has 3 heterocycles. The number of carbonyl (C=O) groups is 1. The number of amides is 1. The van der Waals surface area contributed by atoms with Crippen LogP contribution in [0.2, 0.25) is 0 Å². The first-order chi connectivity index (χ1) is 11.2. The average Bonchev–Trinajstić information content (AvgIpc) is 3.18. The SMILES string of the molecule is O=C(NCC1CNCC1O)c1cc2c(s1)-c1ccccc1OC2. The zero-order valence-electron chi connectivity index (χ0n) is 12.5. The second kappa shape index (κ2) is 5.96. The minimum atomic E-state index is -0.382. The van der Waals surface area contributed by atoms with Crippen LogP contribution in [0.1, 0.15) is 15.2 Å². The predicted octanol–water partition coefficient (Wildman–Crippen LogP) is 1.62. The Labute approximate surface area is 138 Å². The number of nitrogens with one attached hydrogen (secondary N) is 2. The number of aliphatic hydroxyl groups excluding tert-OH is 1. The summed E-state index contributed by atoms with van der Waals surface area (Å²) < 4.78 is 5.73. The van der Waals surface area contributed by atoms with Crippen LogP contribution in [-0.2, 0) is 6.61 Å². The summed E-state index contributed by atoms with van der Waals surface area (Å²) in [7, 11) is 0. The molecule has 0 spiro atoms. The number of benzene rings is 1. The summed E-state index contributed by atoms with van der Waals surface area (Å²) in [6.07, 6.45) is -0.382.